The van der Waals surface area contributed by atoms with Crippen molar-refractivity contribution in [2.24, 2.45) is 0 Å². The van der Waals surface area contributed by atoms with Crippen LogP contribution in [-0.2, 0) is 19.1 Å². The Hall–Kier alpha value is -1.43. The van der Waals surface area contributed by atoms with Gasteiger partial charge in [-0.2, -0.15) is 0 Å². The summed E-state index contributed by atoms with van der Waals surface area (Å²) in [7, 11) is 0. The van der Waals surface area contributed by atoms with E-state index in [9.17, 15) is 24.6 Å². The van der Waals surface area contributed by atoms with Gasteiger partial charge in [-0.1, -0.05) is 0 Å². The number of aliphatic hydroxyl groups is 1. The number of carboxylic acids is 1. The highest BCUT2D eigenvalue weighted by Crippen LogP contribution is 2.13. The maximum absolute atomic E-state index is 11.1. The number of esters is 1. The molecule has 1 atom stereocenters. The topological polar surface area (TPSA) is 104 Å². The fourth-order valence-electron chi connectivity index (χ4n) is 0.800. The van der Waals surface area contributed by atoms with Crippen molar-refractivity contribution >= 4 is 17.7 Å². The van der Waals surface area contributed by atoms with E-state index in [2.05, 4.69) is 4.74 Å². The van der Waals surface area contributed by atoms with E-state index in [4.69, 9.17) is 0 Å². The molecule has 0 saturated heterocycles. The number of hydrogen-bond donors (Lipinski definition) is 1. The quantitative estimate of drug-likeness (QED) is 0.409. The van der Waals surface area contributed by atoms with Crippen LogP contribution in [0.1, 0.15) is 20.3 Å². The molecule has 0 aromatic rings. The Morgan fingerprint density at radius 3 is 2.21 bits per heavy atom. The molecular weight excluding hydrogens is 192 g/mol. The lowest BCUT2D eigenvalue weighted by Crippen LogP contribution is -2.50. The van der Waals surface area contributed by atoms with Crippen LogP contribution < -0.4 is 5.11 Å². The van der Waals surface area contributed by atoms with Crippen molar-refractivity contribution in [2.75, 3.05) is 6.61 Å². The summed E-state index contributed by atoms with van der Waals surface area (Å²) in [5, 5.41) is 19.6. The first kappa shape index (κ1) is 12.6. The monoisotopic (exact) mass is 203 g/mol. The standard InChI is InChI=1S/C8H12O6/c1-3-14-7(12)8(13,5(2)9)4-6(10)11/h13H,3-4H2,1-2H3,(H,10,11)/p-1. The van der Waals surface area contributed by atoms with Gasteiger partial charge in [0.05, 0.1) is 6.61 Å². The summed E-state index contributed by atoms with van der Waals surface area (Å²) < 4.78 is 4.37. The molecule has 0 fully saturated rings. The number of aliphatic carboxylic acids is 1. The fraction of sp³-hybridized carbons (Fsp3) is 0.625. The summed E-state index contributed by atoms with van der Waals surface area (Å²) >= 11 is 0. The highest BCUT2D eigenvalue weighted by atomic mass is 16.5. The smallest absolute Gasteiger partial charge is 0.346 e. The molecular formula is C8H11O6-. The van der Waals surface area contributed by atoms with Crippen molar-refractivity contribution in [3.8, 4) is 0 Å². The highest BCUT2D eigenvalue weighted by molar-refractivity contribution is 6.08. The van der Waals surface area contributed by atoms with Crippen LogP contribution in [0.2, 0.25) is 0 Å². The van der Waals surface area contributed by atoms with Gasteiger partial charge >= 0.3 is 5.97 Å². The van der Waals surface area contributed by atoms with Crippen LogP contribution in [0.5, 0.6) is 0 Å². The van der Waals surface area contributed by atoms with E-state index in [0.29, 0.717) is 0 Å². The molecule has 0 spiro atoms. The first-order chi connectivity index (χ1) is 6.34. The molecule has 14 heavy (non-hydrogen) atoms. The largest absolute Gasteiger partial charge is 0.550 e. The van der Waals surface area contributed by atoms with Crippen LogP contribution >= 0.6 is 0 Å². The number of ether oxygens (including phenoxy) is 1. The van der Waals surface area contributed by atoms with E-state index < -0.39 is 29.7 Å². The lowest BCUT2D eigenvalue weighted by molar-refractivity contribution is -0.308. The number of carboxylic acid groups (broad SMARTS) is 1. The maximum Gasteiger partial charge on any atom is 0.346 e. The van der Waals surface area contributed by atoms with Crippen molar-refractivity contribution in [1.29, 1.82) is 0 Å². The van der Waals surface area contributed by atoms with Crippen molar-refractivity contribution in [1.82, 2.24) is 0 Å². The van der Waals surface area contributed by atoms with Crippen LogP contribution in [0.3, 0.4) is 0 Å². The molecule has 6 nitrogen and oxygen atoms in total. The maximum atomic E-state index is 11.1. The predicted molar refractivity (Wildman–Crippen MR) is 41.9 cm³/mol. The average Bonchev–Trinajstić information content (AvgIpc) is 2.02. The molecule has 0 bridgehead atoms. The zero-order chi connectivity index (χ0) is 11.4. The lowest BCUT2D eigenvalue weighted by Gasteiger charge is -2.22. The molecule has 0 aliphatic rings. The first-order valence-corrected chi connectivity index (χ1v) is 3.95. The molecule has 0 amide bonds. The second-order valence-corrected chi connectivity index (χ2v) is 2.69. The van der Waals surface area contributed by atoms with E-state index in [-0.39, 0.29) is 6.61 Å². The van der Waals surface area contributed by atoms with Gasteiger partial charge in [0, 0.05) is 12.4 Å². The number of carbonyl (C=O) groups is 3. The number of ketones is 1. The lowest BCUT2D eigenvalue weighted by atomic mass is 9.95. The van der Waals surface area contributed by atoms with E-state index >= 15 is 0 Å². The Morgan fingerprint density at radius 1 is 1.43 bits per heavy atom. The van der Waals surface area contributed by atoms with Gasteiger partial charge in [0.1, 0.15) is 0 Å². The molecule has 1 N–H and O–H groups in total. The van der Waals surface area contributed by atoms with E-state index in [0.717, 1.165) is 6.92 Å². The van der Waals surface area contributed by atoms with Gasteiger partial charge in [-0.05, 0) is 13.8 Å². The molecule has 0 saturated carbocycles. The van der Waals surface area contributed by atoms with Crippen molar-refractivity contribution in [2.45, 2.75) is 25.9 Å². The zero-order valence-electron chi connectivity index (χ0n) is 7.90. The van der Waals surface area contributed by atoms with Crippen LogP contribution in [0, 0.1) is 0 Å². The van der Waals surface area contributed by atoms with Crippen LogP contribution in [0.4, 0.5) is 0 Å². The average molecular weight is 203 g/mol. The second kappa shape index (κ2) is 4.71. The van der Waals surface area contributed by atoms with Crippen molar-refractivity contribution < 1.29 is 29.3 Å². The third kappa shape index (κ3) is 2.81. The van der Waals surface area contributed by atoms with Gasteiger partial charge in [0.15, 0.2) is 5.78 Å². The minimum Gasteiger partial charge on any atom is -0.550 e. The third-order valence-electron chi connectivity index (χ3n) is 1.60. The summed E-state index contributed by atoms with van der Waals surface area (Å²) in [6, 6.07) is 0. The van der Waals surface area contributed by atoms with Crippen LogP contribution in [0.15, 0.2) is 0 Å². The van der Waals surface area contributed by atoms with E-state index in [1.807, 2.05) is 0 Å². The van der Waals surface area contributed by atoms with Gasteiger partial charge in [-0.25, -0.2) is 4.79 Å². The Kier molecular flexibility index (Phi) is 4.23. The highest BCUT2D eigenvalue weighted by Gasteiger charge is 2.42. The predicted octanol–water partition coefficient (Wildman–Crippen LogP) is -1.99. The molecule has 1 unspecified atom stereocenters. The van der Waals surface area contributed by atoms with Gasteiger partial charge in [-0.15, -0.1) is 0 Å². The molecule has 0 aliphatic carbocycles. The molecule has 80 valence electrons. The normalized spacial score (nSPS) is 14.2. The molecule has 0 heterocycles. The third-order valence-corrected chi connectivity index (χ3v) is 1.60. The minimum absolute atomic E-state index is 0.0541. The molecule has 6 heteroatoms. The number of carbonyl (C=O) groups excluding carboxylic acids is 3. The van der Waals surface area contributed by atoms with Crippen molar-refractivity contribution in [3.05, 3.63) is 0 Å². The first-order valence-electron chi connectivity index (χ1n) is 3.95. The number of hydrogen-bond acceptors (Lipinski definition) is 6. The van der Waals surface area contributed by atoms with Crippen LogP contribution in [0.25, 0.3) is 0 Å². The summed E-state index contributed by atoms with van der Waals surface area (Å²) in [5.74, 6) is -3.95. The van der Waals surface area contributed by atoms with Gasteiger partial charge in [0.25, 0.3) is 0 Å². The fourth-order valence-corrected chi connectivity index (χ4v) is 0.800. The number of rotatable bonds is 5. The zero-order valence-corrected chi connectivity index (χ0v) is 7.90. The Morgan fingerprint density at radius 2 is 1.93 bits per heavy atom. The van der Waals surface area contributed by atoms with Gasteiger partial charge in [0.2, 0.25) is 5.60 Å². The molecule has 0 aromatic heterocycles. The van der Waals surface area contributed by atoms with E-state index in [1.165, 1.54) is 6.92 Å². The van der Waals surface area contributed by atoms with E-state index in [1.54, 1.807) is 0 Å². The second-order valence-electron chi connectivity index (χ2n) is 2.69. The molecule has 0 rings (SSSR count). The summed E-state index contributed by atoms with van der Waals surface area (Å²) in [6.07, 6.45) is -1.10. The Balaban J connectivity index is 4.80. The molecule has 0 aromatic carbocycles. The Labute approximate surface area is 80.5 Å². The van der Waals surface area contributed by atoms with Gasteiger partial charge < -0.3 is 19.7 Å². The summed E-state index contributed by atoms with van der Waals surface area (Å²) in [6.45, 7) is 2.32. The Bertz CT molecular complexity index is 259. The van der Waals surface area contributed by atoms with Crippen LogP contribution in [-0.4, -0.2) is 35.0 Å². The summed E-state index contributed by atoms with van der Waals surface area (Å²) in [4.78, 5) is 32.1. The number of Topliss-reactive ketones (excluding diaryl/α,β-unsaturated/α-hetero) is 1. The minimum atomic E-state index is -2.63. The van der Waals surface area contributed by atoms with Gasteiger partial charge in [-0.3, -0.25) is 4.79 Å². The summed E-state index contributed by atoms with van der Waals surface area (Å²) in [5.41, 5.74) is -2.63. The SMILES string of the molecule is CCOC(=O)C(O)(CC(=O)[O-])C(C)=O. The van der Waals surface area contributed by atoms with Crippen molar-refractivity contribution in [3.63, 3.8) is 0 Å². The molecule has 0 aliphatic heterocycles. The molecule has 0 radical (unpaired) electrons.